The Morgan fingerprint density at radius 1 is 1.27 bits per heavy atom. The first kappa shape index (κ1) is 11.4. The molecule has 88 valence electrons. The summed E-state index contributed by atoms with van der Waals surface area (Å²) in [5, 5.41) is 3.74. The van der Waals surface area contributed by atoms with Crippen molar-refractivity contribution in [1.29, 1.82) is 0 Å². The Kier molecular flexibility index (Phi) is 3.09. The highest BCUT2D eigenvalue weighted by atomic mass is 16.5. The first-order valence-electron chi connectivity index (χ1n) is 6.48. The highest BCUT2D eigenvalue weighted by Gasteiger charge is 2.37. The molecule has 0 aromatic heterocycles. The van der Waals surface area contributed by atoms with Gasteiger partial charge in [-0.3, -0.25) is 0 Å². The van der Waals surface area contributed by atoms with Gasteiger partial charge in [0.15, 0.2) is 0 Å². The third kappa shape index (κ3) is 2.54. The Morgan fingerprint density at radius 3 is 2.40 bits per heavy atom. The van der Waals surface area contributed by atoms with Gasteiger partial charge >= 0.3 is 0 Å². The first-order valence-corrected chi connectivity index (χ1v) is 6.48. The lowest BCUT2D eigenvalue weighted by Gasteiger charge is -2.43. The van der Waals surface area contributed by atoms with E-state index in [2.05, 4.69) is 26.1 Å². The van der Waals surface area contributed by atoms with E-state index in [1.807, 2.05) is 0 Å². The van der Waals surface area contributed by atoms with Crippen molar-refractivity contribution < 1.29 is 4.74 Å². The van der Waals surface area contributed by atoms with E-state index < -0.39 is 0 Å². The highest BCUT2D eigenvalue weighted by Crippen LogP contribution is 2.35. The predicted molar refractivity (Wildman–Crippen MR) is 63.1 cm³/mol. The summed E-state index contributed by atoms with van der Waals surface area (Å²) >= 11 is 0. The molecule has 1 heterocycles. The molecule has 15 heavy (non-hydrogen) atoms. The Bertz CT molecular complexity index is 215. The highest BCUT2D eigenvalue weighted by molar-refractivity contribution is 4.96. The van der Waals surface area contributed by atoms with Crippen LogP contribution in [0, 0.1) is 0 Å². The van der Waals surface area contributed by atoms with Crippen molar-refractivity contribution in [2.75, 3.05) is 6.54 Å². The summed E-state index contributed by atoms with van der Waals surface area (Å²) in [5.41, 5.74) is 0.585. The minimum Gasteiger partial charge on any atom is -0.371 e. The Hall–Kier alpha value is -0.0800. The van der Waals surface area contributed by atoms with Crippen LogP contribution in [-0.2, 0) is 4.74 Å². The smallest absolute Gasteiger partial charge is 0.0708 e. The molecular weight excluding hydrogens is 186 g/mol. The fourth-order valence-corrected chi connectivity index (χ4v) is 2.81. The molecule has 1 aliphatic carbocycles. The number of ether oxygens (including phenoxy) is 1. The molecular formula is C13H25NO. The molecule has 2 fully saturated rings. The van der Waals surface area contributed by atoms with Gasteiger partial charge in [-0.15, -0.1) is 0 Å². The van der Waals surface area contributed by atoms with Crippen LogP contribution < -0.4 is 5.32 Å². The molecule has 1 aliphatic heterocycles. The third-order valence-corrected chi connectivity index (χ3v) is 4.25. The van der Waals surface area contributed by atoms with Gasteiger partial charge in [-0.25, -0.2) is 0 Å². The van der Waals surface area contributed by atoms with Crippen LogP contribution >= 0.6 is 0 Å². The van der Waals surface area contributed by atoms with Crippen LogP contribution in [0.4, 0.5) is 0 Å². The van der Waals surface area contributed by atoms with Gasteiger partial charge in [-0.05, 0) is 52.4 Å². The van der Waals surface area contributed by atoms with Crippen molar-refractivity contribution >= 4 is 0 Å². The zero-order chi connectivity index (χ0) is 10.9. The molecule has 2 nitrogen and oxygen atoms in total. The fraction of sp³-hybridized carbons (Fsp3) is 1.00. The molecule has 0 bridgehead atoms. The summed E-state index contributed by atoms with van der Waals surface area (Å²) in [5.74, 6) is 0. The summed E-state index contributed by atoms with van der Waals surface area (Å²) in [7, 11) is 0. The molecule has 1 N–H and O–H groups in total. The van der Waals surface area contributed by atoms with Crippen molar-refractivity contribution in [2.45, 2.75) is 76.5 Å². The minimum atomic E-state index is 0.116. The molecule has 0 radical (unpaired) electrons. The van der Waals surface area contributed by atoms with Crippen molar-refractivity contribution in [3.8, 4) is 0 Å². The van der Waals surface area contributed by atoms with E-state index in [4.69, 9.17) is 4.74 Å². The molecule has 1 saturated carbocycles. The lowest BCUT2D eigenvalue weighted by Crippen LogP contribution is -2.52. The monoisotopic (exact) mass is 211 g/mol. The topological polar surface area (TPSA) is 21.3 Å². The van der Waals surface area contributed by atoms with Gasteiger partial charge in [-0.2, -0.15) is 0 Å². The molecule has 0 amide bonds. The van der Waals surface area contributed by atoms with Crippen molar-refractivity contribution in [2.24, 2.45) is 0 Å². The average molecular weight is 211 g/mol. The van der Waals surface area contributed by atoms with Crippen molar-refractivity contribution in [3.05, 3.63) is 0 Å². The van der Waals surface area contributed by atoms with Crippen LogP contribution in [0.1, 0.15) is 59.3 Å². The van der Waals surface area contributed by atoms with Crippen LogP contribution in [0.25, 0.3) is 0 Å². The SMILES string of the molecule is CCC1(NCC2CCC(C)(C)O2)CCC1. The van der Waals surface area contributed by atoms with Gasteiger partial charge in [0.05, 0.1) is 11.7 Å². The van der Waals surface area contributed by atoms with Crippen molar-refractivity contribution in [3.63, 3.8) is 0 Å². The maximum Gasteiger partial charge on any atom is 0.0708 e. The van der Waals surface area contributed by atoms with Crippen molar-refractivity contribution in [1.82, 2.24) is 5.32 Å². The zero-order valence-corrected chi connectivity index (χ0v) is 10.4. The van der Waals surface area contributed by atoms with Crippen LogP contribution in [0.5, 0.6) is 0 Å². The molecule has 2 heteroatoms. The number of rotatable bonds is 4. The molecule has 2 aliphatic rings. The van der Waals surface area contributed by atoms with E-state index in [1.54, 1.807) is 0 Å². The van der Waals surface area contributed by atoms with Gasteiger partial charge in [0.1, 0.15) is 0 Å². The Balaban J connectivity index is 1.74. The average Bonchev–Trinajstić information content (AvgIpc) is 2.45. The quantitative estimate of drug-likeness (QED) is 0.772. The van der Waals surface area contributed by atoms with Gasteiger partial charge in [0.25, 0.3) is 0 Å². The van der Waals surface area contributed by atoms with Gasteiger partial charge in [0.2, 0.25) is 0 Å². The first-order chi connectivity index (χ1) is 7.05. The fourth-order valence-electron chi connectivity index (χ4n) is 2.81. The second-order valence-electron chi connectivity index (χ2n) is 5.91. The van der Waals surface area contributed by atoms with E-state index in [1.165, 1.54) is 38.5 Å². The number of hydrogen-bond acceptors (Lipinski definition) is 2. The number of nitrogens with one attached hydrogen (secondary N) is 1. The molecule has 1 unspecified atom stereocenters. The largest absolute Gasteiger partial charge is 0.371 e. The Morgan fingerprint density at radius 2 is 2.00 bits per heavy atom. The van der Waals surface area contributed by atoms with E-state index in [0.29, 0.717) is 11.6 Å². The summed E-state index contributed by atoms with van der Waals surface area (Å²) < 4.78 is 5.99. The van der Waals surface area contributed by atoms with Crippen LogP contribution in [0.15, 0.2) is 0 Å². The standard InChI is InChI=1S/C13H25NO/c1-4-13(7-5-8-13)14-10-11-6-9-12(2,3)15-11/h11,14H,4-10H2,1-3H3. The van der Waals surface area contributed by atoms with Gasteiger partial charge in [0, 0.05) is 12.1 Å². The lowest BCUT2D eigenvalue weighted by molar-refractivity contribution is -0.0199. The molecule has 2 rings (SSSR count). The molecule has 1 saturated heterocycles. The van der Waals surface area contributed by atoms with Gasteiger partial charge < -0.3 is 10.1 Å². The second kappa shape index (κ2) is 4.06. The van der Waals surface area contributed by atoms with E-state index in [9.17, 15) is 0 Å². The van der Waals surface area contributed by atoms with Crippen LogP contribution in [0.3, 0.4) is 0 Å². The maximum absolute atomic E-state index is 5.99. The molecule has 1 atom stereocenters. The van der Waals surface area contributed by atoms with Crippen LogP contribution in [-0.4, -0.2) is 23.8 Å². The molecule has 0 spiro atoms. The normalized spacial score (nSPS) is 32.6. The van der Waals surface area contributed by atoms with Crippen LogP contribution in [0.2, 0.25) is 0 Å². The van der Waals surface area contributed by atoms with Gasteiger partial charge in [-0.1, -0.05) is 6.92 Å². The lowest BCUT2D eigenvalue weighted by atomic mass is 9.75. The predicted octanol–water partition coefficient (Wildman–Crippen LogP) is 2.87. The molecule has 0 aromatic carbocycles. The molecule has 0 aromatic rings. The zero-order valence-electron chi connectivity index (χ0n) is 10.4. The summed E-state index contributed by atoms with van der Waals surface area (Å²) in [6, 6.07) is 0. The summed E-state index contributed by atoms with van der Waals surface area (Å²) in [6.07, 6.45) is 8.27. The van der Waals surface area contributed by atoms with E-state index in [0.717, 1.165) is 6.54 Å². The summed E-state index contributed by atoms with van der Waals surface area (Å²) in [6.45, 7) is 7.75. The number of hydrogen-bond donors (Lipinski definition) is 1. The maximum atomic E-state index is 5.99. The van der Waals surface area contributed by atoms with E-state index >= 15 is 0 Å². The Labute approximate surface area is 93.8 Å². The van der Waals surface area contributed by atoms with E-state index in [-0.39, 0.29) is 5.60 Å². The minimum absolute atomic E-state index is 0.116. The third-order valence-electron chi connectivity index (χ3n) is 4.25. The second-order valence-corrected chi connectivity index (χ2v) is 5.91. The summed E-state index contributed by atoms with van der Waals surface area (Å²) in [4.78, 5) is 0.